The fourth-order valence-electron chi connectivity index (χ4n) is 2.04. The molecule has 0 aliphatic carbocycles. The zero-order valence-electron chi connectivity index (χ0n) is 10.1. The average Bonchev–Trinajstić information content (AvgIpc) is 2.39. The molecule has 2 rings (SSSR count). The third-order valence-corrected chi connectivity index (χ3v) is 5.02. The molecule has 2 heterocycles. The van der Waals surface area contributed by atoms with Gasteiger partial charge in [-0.15, -0.1) is 0 Å². The van der Waals surface area contributed by atoms with Crippen LogP contribution < -0.4 is 5.32 Å². The Hall–Kier alpha value is -1.05. The van der Waals surface area contributed by atoms with Gasteiger partial charge in [0, 0.05) is 25.8 Å². The molecule has 0 aromatic carbocycles. The second-order valence-electron chi connectivity index (χ2n) is 4.36. The maximum Gasteiger partial charge on any atom is 0.244 e. The van der Waals surface area contributed by atoms with Crippen LogP contribution in [0.5, 0.6) is 0 Å². The molecule has 1 N–H and O–H groups in total. The summed E-state index contributed by atoms with van der Waals surface area (Å²) >= 11 is 0. The maximum absolute atomic E-state index is 13.0. The lowest BCUT2D eigenvalue weighted by Gasteiger charge is -2.30. The molecule has 1 aromatic rings. The van der Waals surface area contributed by atoms with E-state index in [9.17, 15) is 12.8 Å². The minimum Gasteiger partial charge on any atom is -0.315 e. The molecule has 1 atom stereocenters. The largest absolute Gasteiger partial charge is 0.315 e. The van der Waals surface area contributed by atoms with Gasteiger partial charge >= 0.3 is 0 Å². The molecule has 1 aromatic heterocycles. The van der Waals surface area contributed by atoms with E-state index in [0.29, 0.717) is 6.54 Å². The first-order valence-corrected chi connectivity index (χ1v) is 7.25. The van der Waals surface area contributed by atoms with E-state index in [4.69, 9.17) is 0 Å². The lowest BCUT2D eigenvalue weighted by atomic mass is 10.1. The van der Waals surface area contributed by atoms with Crippen molar-refractivity contribution in [1.29, 1.82) is 0 Å². The summed E-state index contributed by atoms with van der Waals surface area (Å²) in [4.78, 5) is 3.48. The van der Waals surface area contributed by atoms with E-state index in [1.165, 1.54) is 17.5 Å². The summed E-state index contributed by atoms with van der Waals surface area (Å²) < 4.78 is 38.9. The number of piperidine rings is 1. The van der Waals surface area contributed by atoms with E-state index in [-0.39, 0.29) is 10.9 Å². The molecule has 1 saturated heterocycles. The van der Waals surface area contributed by atoms with Gasteiger partial charge < -0.3 is 5.32 Å². The summed E-state index contributed by atoms with van der Waals surface area (Å²) in [5.41, 5.74) is 0. The Bertz CT molecular complexity index is 515. The summed E-state index contributed by atoms with van der Waals surface area (Å²) in [6, 6.07) is 0.904. The van der Waals surface area contributed by atoms with Crippen LogP contribution in [0.25, 0.3) is 0 Å². The quantitative estimate of drug-likeness (QED) is 0.875. The van der Waals surface area contributed by atoms with Crippen molar-refractivity contribution < 1.29 is 12.8 Å². The van der Waals surface area contributed by atoms with Gasteiger partial charge in [-0.2, -0.15) is 4.31 Å². The molecule has 18 heavy (non-hydrogen) atoms. The third kappa shape index (κ3) is 2.68. The molecule has 100 valence electrons. The minimum atomic E-state index is -3.67. The van der Waals surface area contributed by atoms with Crippen molar-refractivity contribution in [1.82, 2.24) is 14.6 Å². The first kappa shape index (κ1) is 13.4. The van der Waals surface area contributed by atoms with Crippen LogP contribution in [0.2, 0.25) is 0 Å². The highest BCUT2D eigenvalue weighted by Gasteiger charge is 2.29. The van der Waals surface area contributed by atoms with Crippen LogP contribution in [-0.2, 0) is 10.0 Å². The van der Waals surface area contributed by atoms with E-state index >= 15 is 0 Å². The second kappa shape index (κ2) is 5.29. The van der Waals surface area contributed by atoms with Gasteiger partial charge in [0.2, 0.25) is 10.0 Å². The van der Waals surface area contributed by atoms with Crippen molar-refractivity contribution in [2.24, 2.45) is 0 Å². The molecule has 0 spiro atoms. The smallest absolute Gasteiger partial charge is 0.244 e. The molecular formula is C11H16FN3O2S. The van der Waals surface area contributed by atoms with Gasteiger partial charge in [0.1, 0.15) is 10.7 Å². The Morgan fingerprint density at radius 1 is 1.50 bits per heavy atom. The average molecular weight is 273 g/mol. The normalized spacial score (nSPS) is 21.2. The maximum atomic E-state index is 13.0. The number of likely N-dealkylation sites (N-methyl/N-ethyl adjacent to an activating group) is 1. The molecule has 0 saturated carbocycles. The van der Waals surface area contributed by atoms with Crippen LogP contribution >= 0.6 is 0 Å². The fourth-order valence-corrected chi connectivity index (χ4v) is 3.40. The van der Waals surface area contributed by atoms with Gasteiger partial charge in [0.05, 0.1) is 6.20 Å². The molecule has 0 amide bonds. The zero-order valence-corrected chi connectivity index (χ0v) is 11.0. The molecule has 0 radical (unpaired) electrons. The molecule has 1 aliphatic heterocycles. The Morgan fingerprint density at radius 2 is 2.28 bits per heavy atom. The van der Waals surface area contributed by atoms with Crippen LogP contribution in [0, 0.1) is 5.82 Å². The standard InChI is InChI=1S/C11H16FN3O2S/c1-15(10-3-2-4-13-7-10)18(16,17)11-5-9(12)6-14-8-11/h5-6,8,10,13H,2-4,7H2,1H3. The number of pyridine rings is 1. The summed E-state index contributed by atoms with van der Waals surface area (Å²) in [5.74, 6) is -0.647. The second-order valence-corrected chi connectivity index (χ2v) is 6.36. The van der Waals surface area contributed by atoms with Gasteiger partial charge in [0.25, 0.3) is 0 Å². The highest BCUT2D eigenvalue weighted by Crippen LogP contribution is 2.19. The van der Waals surface area contributed by atoms with Crippen LogP contribution in [0.3, 0.4) is 0 Å². The van der Waals surface area contributed by atoms with Crippen LogP contribution in [0.4, 0.5) is 4.39 Å². The Balaban J connectivity index is 2.24. The van der Waals surface area contributed by atoms with Crippen molar-refractivity contribution >= 4 is 10.0 Å². The topological polar surface area (TPSA) is 62.3 Å². The predicted molar refractivity (Wildman–Crippen MR) is 65.0 cm³/mol. The van der Waals surface area contributed by atoms with E-state index in [1.807, 2.05) is 0 Å². The molecule has 1 fully saturated rings. The van der Waals surface area contributed by atoms with Gasteiger partial charge in [-0.1, -0.05) is 0 Å². The first-order valence-electron chi connectivity index (χ1n) is 5.81. The number of aromatic nitrogens is 1. The fraction of sp³-hybridized carbons (Fsp3) is 0.545. The Kier molecular flexibility index (Phi) is 3.94. The number of sulfonamides is 1. The highest BCUT2D eigenvalue weighted by atomic mass is 32.2. The number of rotatable bonds is 3. The lowest BCUT2D eigenvalue weighted by Crippen LogP contribution is -2.46. The monoisotopic (exact) mass is 273 g/mol. The number of hydrogen-bond acceptors (Lipinski definition) is 4. The molecule has 5 nitrogen and oxygen atoms in total. The number of nitrogens with zero attached hydrogens (tertiary/aromatic N) is 2. The minimum absolute atomic E-state index is 0.0907. The zero-order chi connectivity index (χ0) is 13.2. The van der Waals surface area contributed by atoms with E-state index in [1.54, 1.807) is 0 Å². The van der Waals surface area contributed by atoms with Crippen LogP contribution in [0.15, 0.2) is 23.4 Å². The van der Waals surface area contributed by atoms with Gasteiger partial charge in [0.15, 0.2) is 0 Å². The molecule has 1 unspecified atom stereocenters. The molecular weight excluding hydrogens is 257 g/mol. The van der Waals surface area contributed by atoms with Gasteiger partial charge in [-0.25, -0.2) is 12.8 Å². The number of hydrogen-bond donors (Lipinski definition) is 1. The van der Waals surface area contributed by atoms with Crippen molar-refractivity contribution in [3.63, 3.8) is 0 Å². The Morgan fingerprint density at radius 3 is 2.89 bits per heavy atom. The van der Waals surface area contributed by atoms with Crippen molar-refractivity contribution in [3.05, 3.63) is 24.3 Å². The van der Waals surface area contributed by atoms with Crippen molar-refractivity contribution in [2.45, 2.75) is 23.8 Å². The number of halogens is 1. The lowest BCUT2D eigenvalue weighted by molar-refractivity contribution is 0.300. The van der Waals surface area contributed by atoms with Crippen molar-refractivity contribution in [3.8, 4) is 0 Å². The molecule has 7 heteroatoms. The summed E-state index contributed by atoms with van der Waals surface area (Å²) in [7, 11) is -2.14. The summed E-state index contributed by atoms with van der Waals surface area (Å²) in [6.07, 6.45) is 3.91. The Labute approximate surface area is 106 Å². The first-order chi connectivity index (χ1) is 8.51. The SMILES string of the molecule is CN(C1CCCNC1)S(=O)(=O)c1cncc(F)c1. The van der Waals surface area contributed by atoms with Crippen LogP contribution in [0.1, 0.15) is 12.8 Å². The van der Waals surface area contributed by atoms with E-state index in [0.717, 1.165) is 31.6 Å². The highest BCUT2D eigenvalue weighted by molar-refractivity contribution is 7.89. The summed E-state index contributed by atoms with van der Waals surface area (Å²) in [5, 5.41) is 3.15. The van der Waals surface area contributed by atoms with E-state index in [2.05, 4.69) is 10.3 Å². The third-order valence-electron chi connectivity index (χ3n) is 3.14. The predicted octanol–water partition coefficient (Wildman–Crippen LogP) is 0.593. The molecule has 0 bridgehead atoms. The molecule has 1 aliphatic rings. The van der Waals surface area contributed by atoms with Crippen molar-refractivity contribution in [2.75, 3.05) is 20.1 Å². The van der Waals surface area contributed by atoms with Crippen LogP contribution in [-0.4, -0.2) is 43.9 Å². The van der Waals surface area contributed by atoms with Gasteiger partial charge in [-0.05, 0) is 25.5 Å². The van der Waals surface area contributed by atoms with Gasteiger partial charge in [-0.3, -0.25) is 4.98 Å². The summed E-state index contributed by atoms with van der Waals surface area (Å²) in [6.45, 7) is 1.53. The number of nitrogens with one attached hydrogen (secondary N) is 1. The van der Waals surface area contributed by atoms with E-state index < -0.39 is 15.8 Å².